The maximum absolute atomic E-state index is 13.0. The van der Waals surface area contributed by atoms with Crippen LogP contribution >= 0.6 is 0 Å². The van der Waals surface area contributed by atoms with Crippen LogP contribution in [-0.2, 0) is 4.79 Å². The standard InChI is InChI=1S/C20H22FN3O4/c1-27-19-16(17(28-23-19)12-2-3-12)20(26)24-10-8-13(9-11-24)18(25)22-15-6-4-14(21)5-7-15/h4-7,12-13H,2-3,8-11H2,1H3,(H,22,25). The molecule has 1 aromatic heterocycles. The number of hydrogen-bond acceptors (Lipinski definition) is 5. The zero-order chi connectivity index (χ0) is 19.7. The van der Waals surface area contributed by atoms with Crippen LogP contribution in [0.4, 0.5) is 10.1 Å². The Hall–Kier alpha value is -2.90. The van der Waals surface area contributed by atoms with E-state index < -0.39 is 0 Å². The number of ether oxygens (including phenoxy) is 1. The lowest BCUT2D eigenvalue weighted by Crippen LogP contribution is -2.41. The number of hydrogen-bond donors (Lipinski definition) is 1. The number of aromatic nitrogens is 1. The predicted molar refractivity (Wildman–Crippen MR) is 98.7 cm³/mol. The highest BCUT2D eigenvalue weighted by molar-refractivity contribution is 5.98. The number of piperidine rings is 1. The van der Waals surface area contributed by atoms with Gasteiger partial charge < -0.3 is 19.5 Å². The molecular weight excluding hydrogens is 365 g/mol. The van der Waals surface area contributed by atoms with E-state index in [1.165, 1.54) is 31.4 Å². The number of nitrogens with one attached hydrogen (secondary N) is 1. The Balaban J connectivity index is 1.37. The summed E-state index contributed by atoms with van der Waals surface area (Å²) in [6.45, 7) is 0.942. The molecule has 0 unspecified atom stereocenters. The number of amides is 2. The molecule has 0 atom stereocenters. The molecule has 0 radical (unpaired) electrons. The van der Waals surface area contributed by atoms with Gasteiger partial charge in [0.25, 0.3) is 11.8 Å². The van der Waals surface area contributed by atoms with Crippen LogP contribution < -0.4 is 10.1 Å². The highest BCUT2D eigenvalue weighted by Crippen LogP contribution is 2.44. The molecule has 8 heteroatoms. The molecule has 7 nitrogen and oxygen atoms in total. The third kappa shape index (κ3) is 3.72. The Morgan fingerprint density at radius 3 is 2.46 bits per heavy atom. The van der Waals surface area contributed by atoms with E-state index in [1.807, 2.05) is 0 Å². The fraction of sp³-hybridized carbons (Fsp3) is 0.450. The molecule has 1 N–H and O–H groups in total. The summed E-state index contributed by atoms with van der Waals surface area (Å²) in [5.41, 5.74) is 0.979. The first-order valence-corrected chi connectivity index (χ1v) is 9.46. The summed E-state index contributed by atoms with van der Waals surface area (Å²) >= 11 is 0. The molecule has 2 amide bonds. The fourth-order valence-corrected chi connectivity index (χ4v) is 3.53. The third-order valence-electron chi connectivity index (χ3n) is 5.31. The number of likely N-dealkylation sites (tertiary alicyclic amines) is 1. The topological polar surface area (TPSA) is 84.7 Å². The van der Waals surface area contributed by atoms with Gasteiger partial charge in [0, 0.05) is 30.6 Å². The number of methoxy groups -OCH3 is 1. The van der Waals surface area contributed by atoms with E-state index in [9.17, 15) is 14.0 Å². The lowest BCUT2D eigenvalue weighted by atomic mass is 9.95. The maximum Gasteiger partial charge on any atom is 0.267 e. The first-order chi connectivity index (χ1) is 13.6. The SMILES string of the molecule is COc1noc(C2CC2)c1C(=O)N1CCC(C(=O)Nc2ccc(F)cc2)CC1. The van der Waals surface area contributed by atoms with Crippen molar-refractivity contribution < 1.29 is 23.2 Å². The minimum absolute atomic E-state index is 0.111. The van der Waals surface area contributed by atoms with Crippen molar-refractivity contribution in [3.05, 3.63) is 41.4 Å². The van der Waals surface area contributed by atoms with Crippen LogP contribution in [0.25, 0.3) is 0 Å². The van der Waals surface area contributed by atoms with E-state index in [0.29, 0.717) is 42.9 Å². The van der Waals surface area contributed by atoms with Crippen molar-refractivity contribution in [1.82, 2.24) is 10.1 Å². The predicted octanol–water partition coefficient (Wildman–Crippen LogP) is 3.19. The summed E-state index contributed by atoms with van der Waals surface area (Å²) in [7, 11) is 1.47. The molecule has 2 aromatic rings. The Morgan fingerprint density at radius 2 is 1.86 bits per heavy atom. The third-order valence-corrected chi connectivity index (χ3v) is 5.31. The second-order valence-electron chi connectivity index (χ2n) is 7.27. The van der Waals surface area contributed by atoms with Crippen LogP contribution in [-0.4, -0.2) is 42.1 Å². The summed E-state index contributed by atoms with van der Waals surface area (Å²) < 4.78 is 23.5. The molecule has 28 heavy (non-hydrogen) atoms. The van der Waals surface area contributed by atoms with Crippen LogP contribution in [0, 0.1) is 11.7 Å². The van der Waals surface area contributed by atoms with E-state index in [0.717, 1.165) is 12.8 Å². The number of carbonyl (C=O) groups excluding carboxylic acids is 2. The quantitative estimate of drug-likeness (QED) is 0.852. The van der Waals surface area contributed by atoms with Crippen molar-refractivity contribution >= 4 is 17.5 Å². The molecule has 148 valence electrons. The Kier molecular flexibility index (Phi) is 5.02. The Bertz CT molecular complexity index is 868. The van der Waals surface area contributed by atoms with Crippen LogP contribution in [0.15, 0.2) is 28.8 Å². The number of halogens is 1. The molecule has 0 bridgehead atoms. The van der Waals surface area contributed by atoms with Crippen molar-refractivity contribution in [2.75, 3.05) is 25.5 Å². The van der Waals surface area contributed by atoms with Crippen LogP contribution in [0.3, 0.4) is 0 Å². The van der Waals surface area contributed by atoms with Gasteiger partial charge in [-0.3, -0.25) is 9.59 Å². The van der Waals surface area contributed by atoms with Gasteiger partial charge >= 0.3 is 0 Å². The first kappa shape index (κ1) is 18.5. The number of anilines is 1. The molecule has 2 aliphatic rings. The molecular formula is C20H22FN3O4. The second kappa shape index (κ2) is 7.61. The first-order valence-electron chi connectivity index (χ1n) is 9.46. The lowest BCUT2D eigenvalue weighted by Gasteiger charge is -2.31. The summed E-state index contributed by atoms with van der Waals surface area (Å²) in [5, 5.41) is 6.68. The number of benzene rings is 1. The molecule has 1 aromatic carbocycles. The van der Waals surface area contributed by atoms with E-state index in [2.05, 4.69) is 10.5 Å². The Labute approximate surface area is 161 Å². The molecule has 2 heterocycles. The number of carbonyl (C=O) groups is 2. The van der Waals surface area contributed by atoms with Gasteiger partial charge in [-0.15, -0.1) is 0 Å². The van der Waals surface area contributed by atoms with Gasteiger partial charge in [-0.1, -0.05) is 0 Å². The summed E-state index contributed by atoms with van der Waals surface area (Å²) in [6.07, 6.45) is 3.10. The molecule has 0 spiro atoms. The monoisotopic (exact) mass is 387 g/mol. The fourth-order valence-electron chi connectivity index (χ4n) is 3.53. The van der Waals surface area contributed by atoms with Gasteiger partial charge in [-0.2, -0.15) is 0 Å². The maximum atomic E-state index is 13.0. The number of rotatable bonds is 5. The van der Waals surface area contributed by atoms with Crippen LogP contribution in [0.1, 0.15) is 47.7 Å². The molecule has 1 aliphatic carbocycles. The van der Waals surface area contributed by atoms with E-state index >= 15 is 0 Å². The van der Waals surface area contributed by atoms with Crippen molar-refractivity contribution in [3.63, 3.8) is 0 Å². The van der Waals surface area contributed by atoms with Gasteiger partial charge in [0.1, 0.15) is 11.4 Å². The molecule has 1 saturated carbocycles. The molecule has 4 rings (SSSR count). The van der Waals surface area contributed by atoms with Crippen molar-refractivity contribution in [1.29, 1.82) is 0 Å². The minimum Gasteiger partial charge on any atom is -0.478 e. The van der Waals surface area contributed by atoms with Gasteiger partial charge in [0.2, 0.25) is 5.91 Å². The van der Waals surface area contributed by atoms with Gasteiger partial charge in [0.15, 0.2) is 5.76 Å². The zero-order valence-electron chi connectivity index (χ0n) is 15.6. The smallest absolute Gasteiger partial charge is 0.267 e. The largest absolute Gasteiger partial charge is 0.478 e. The lowest BCUT2D eigenvalue weighted by molar-refractivity contribution is -0.121. The summed E-state index contributed by atoms with van der Waals surface area (Å²) in [4.78, 5) is 27.2. The average Bonchev–Trinajstić information content (AvgIpc) is 3.47. The van der Waals surface area contributed by atoms with Gasteiger partial charge in [-0.05, 0) is 55.1 Å². The normalized spacial score (nSPS) is 17.4. The van der Waals surface area contributed by atoms with E-state index in [-0.39, 0.29) is 35.3 Å². The molecule has 1 saturated heterocycles. The van der Waals surface area contributed by atoms with Crippen molar-refractivity contribution in [3.8, 4) is 5.88 Å². The highest BCUT2D eigenvalue weighted by Gasteiger charge is 2.38. The van der Waals surface area contributed by atoms with Crippen LogP contribution in [0.5, 0.6) is 5.88 Å². The second-order valence-corrected chi connectivity index (χ2v) is 7.27. The van der Waals surface area contributed by atoms with E-state index in [4.69, 9.17) is 9.26 Å². The van der Waals surface area contributed by atoms with Crippen LogP contribution in [0.2, 0.25) is 0 Å². The minimum atomic E-state index is -0.348. The average molecular weight is 387 g/mol. The molecule has 1 aliphatic heterocycles. The van der Waals surface area contributed by atoms with Crippen molar-refractivity contribution in [2.45, 2.75) is 31.6 Å². The zero-order valence-corrected chi connectivity index (χ0v) is 15.6. The summed E-state index contributed by atoms with van der Waals surface area (Å²) in [6, 6.07) is 5.67. The van der Waals surface area contributed by atoms with Gasteiger partial charge in [-0.25, -0.2) is 4.39 Å². The van der Waals surface area contributed by atoms with E-state index in [1.54, 1.807) is 4.90 Å². The van der Waals surface area contributed by atoms with Gasteiger partial charge in [0.05, 0.1) is 7.11 Å². The molecule has 2 fully saturated rings. The Morgan fingerprint density at radius 1 is 1.18 bits per heavy atom. The van der Waals surface area contributed by atoms with Crippen molar-refractivity contribution in [2.24, 2.45) is 5.92 Å². The number of nitrogens with zero attached hydrogens (tertiary/aromatic N) is 2. The highest BCUT2D eigenvalue weighted by atomic mass is 19.1. The summed E-state index contributed by atoms with van der Waals surface area (Å²) in [5.74, 6) is 0.272.